The minimum atomic E-state index is 0.193. The van der Waals surface area contributed by atoms with Gasteiger partial charge in [0, 0.05) is 30.9 Å². The first-order valence-corrected chi connectivity index (χ1v) is 7.02. The number of fused-ring (bicyclic) bond motifs is 1. The number of benzene rings is 2. The molecule has 102 valence electrons. The Morgan fingerprint density at radius 1 is 1.05 bits per heavy atom. The van der Waals surface area contributed by atoms with E-state index in [1.807, 2.05) is 53.4 Å². The Hall–Kier alpha value is -2.29. The van der Waals surface area contributed by atoms with E-state index in [0.717, 1.165) is 24.3 Å². The number of carbonyl (C=O) groups is 1. The molecule has 0 fully saturated rings. The van der Waals surface area contributed by atoms with Gasteiger partial charge in [-0.1, -0.05) is 36.4 Å². The molecule has 3 rings (SSSR count). The molecule has 3 heteroatoms. The number of nitrogens with one attached hydrogen (secondary N) is 1. The van der Waals surface area contributed by atoms with Gasteiger partial charge in [0.15, 0.2) is 0 Å². The molecule has 0 bridgehead atoms. The number of hydrogen-bond acceptors (Lipinski definition) is 2. The summed E-state index contributed by atoms with van der Waals surface area (Å²) >= 11 is 0. The van der Waals surface area contributed by atoms with Crippen LogP contribution in [-0.4, -0.2) is 19.0 Å². The number of rotatable bonds is 4. The van der Waals surface area contributed by atoms with Crippen LogP contribution in [0.1, 0.15) is 12.0 Å². The number of hydrogen-bond donors (Lipinski definition) is 1. The molecule has 1 aliphatic rings. The lowest BCUT2D eigenvalue weighted by Gasteiger charge is -2.17. The first kappa shape index (κ1) is 12.7. The van der Waals surface area contributed by atoms with Gasteiger partial charge >= 0.3 is 0 Å². The van der Waals surface area contributed by atoms with Crippen LogP contribution < -0.4 is 10.2 Å². The zero-order valence-electron chi connectivity index (χ0n) is 11.4. The first-order valence-electron chi connectivity index (χ1n) is 7.02. The lowest BCUT2D eigenvalue weighted by atomic mass is 10.2. The minimum absolute atomic E-state index is 0.193. The van der Waals surface area contributed by atoms with Crippen LogP contribution in [0.25, 0.3) is 0 Å². The molecule has 3 nitrogen and oxygen atoms in total. The highest BCUT2D eigenvalue weighted by atomic mass is 16.2. The molecule has 0 spiro atoms. The molecule has 2 aromatic rings. The highest BCUT2D eigenvalue weighted by Gasteiger charge is 2.23. The van der Waals surface area contributed by atoms with E-state index in [2.05, 4.69) is 11.4 Å². The Bertz CT molecular complexity index is 595. The highest BCUT2D eigenvalue weighted by molar-refractivity contribution is 5.95. The summed E-state index contributed by atoms with van der Waals surface area (Å²) in [7, 11) is 0. The van der Waals surface area contributed by atoms with E-state index in [0.29, 0.717) is 13.0 Å². The third-order valence-electron chi connectivity index (χ3n) is 3.63. The molecule has 0 aromatic heterocycles. The summed E-state index contributed by atoms with van der Waals surface area (Å²) in [5.74, 6) is 0.193. The summed E-state index contributed by atoms with van der Waals surface area (Å²) in [6, 6.07) is 18.1. The molecule has 1 N–H and O–H groups in total. The average molecular weight is 266 g/mol. The van der Waals surface area contributed by atoms with Crippen molar-refractivity contribution in [1.82, 2.24) is 0 Å². The smallest absolute Gasteiger partial charge is 0.228 e. The van der Waals surface area contributed by atoms with Crippen LogP contribution in [0.2, 0.25) is 0 Å². The number of nitrogens with zero attached hydrogens (tertiary/aromatic N) is 1. The fraction of sp³-hybridized carbons (Fsp3) is 0.235. The second-order valence-electron chi connectivity index (χ2n) is 4.97. The zero-order valence-corrected chi connectivity index (χ0v) is 11.4. The van der Waals surface area contributed by atoms with Crippen LogP contribution in [0, 0.1) is 0 Å². The van der Waals surface area contributed by atoms with Crippen LogP contribution in [-0.2, 0) is 11.2 Å². The van der Waals surface area contributed by atoms with Crippen LogP contribution in [0.5, 0.6) is 0 Å². The molecule has 0 unspecified atom stereocenters. The Balaban J connectivity index is 1.56. The third-order valence-corrected chi connectivity index (χ3v) is 3.63. The lowest BCUT2D eigenvalue weighted by Crippen LogP contribution is -2.30. The number of para-hydroxylation sites is 2. The summed E-state index contributed by atoms with van der Waals surface area (Å²) in [5, 5.41) is 3.28. The van der Waals surface area contributed by atoms with Crippen molar-refractivity contribution in [2.75, 3.05) is 23.3 Å². The second kappa shape index (κ2) is 5.78. The van der Waals surface area contributed by atoms with E-state index < -0.39 is 0 Å². The Labute approximate surface area is 119 Å². The molecular formula is C17H18N2O. The zero-order chi connectivity index (χ0) is 13.8. The summed E-state index contributed by atoms with van der Waals surface area (Å²) in [6.07, 6.45) is 1.48. The van der Waals surface area contributed by atoms with Gasteiger partial charge in [0.25, 0.3) is 0 Å². The van der Waals surface area contributed by atoms with E-state index in [1.165, 1.54) is 5.56 Å². The average Bonchev–Trinajstić information content (AvgIpc) is 2.92. The maximum atomic E-state index is 12.3. The predicted molar refractivity (Wildman–Crippen MR) is 82.0 cm³/mol. The van der Waals surface area contributed by atoms with Gasteiger partial charge in [-0.3, -0.25) is 4.79 Å². The minimum Gasteiger partial charge on any atom is -0.385 e. The SMILES string of the molecule is O=C(CCNc1ccccc1)N1CCc2ccccc21. The summed E-state index contributed by atoms with van der Waals surface area (Å²) < 4.78 is 0. The molecular weight excluding hydrogens is 248 g/mol. The topological polar surface area (TPSA) is 32.3 Å². The van der Waals surface area contributed by atoms with Gasteiger partial charge < -0.3 is 10.2 Å². The van der Waals surface area contributed by atoms with Gasteiger partial charge in [0.2, 0.25) is 5.91 Å². The fourth-order valence-corrected chi connectivity index (χ4v) is 2.60. The van der Waals surface area contributed by atoms with E-state index >= 15 is 0 Å². The van der Waals surface area contributed by atoms with Crippen molar-refractivity contribution in [2.45, 2.75) is 12.8 Å². The summed E-state index contributed by atoms with van der Waals surface area (Å²) in [5.41, 5.74) is 3.41. The molecule has 0 aliphatic carbocycles. The van der Waals surface area contributed by atoms with Gasteiger partial charge in [-0.05, 0) is 30.2 Å². The third kappa shape index (κ3) is 2.67. The Kier molecular flexibility index (Phi) is 3.68. The molecule has 20 heavy (non-hydrogen) atoms. The van der Waals surface area contributed by atoms with E-state index in [1.54, 1.807) is 0 Å². The highest BCUT2D eigenvalue weighted by Crippen LogP contribution is 2.27. The number of anilines is 2. The van der Waals surface area contributed by atoms with Crippen LogP contribution in [0.4, 0.5) is 11.4 Å². The molecule has 0 saturated carbocycles. The molecule has 1 heterocycles. The van der Waals surface area contributed by atoms with Crippen molar-refractivity contribution in [2.24, 2.45) is 0 Å². The molecule has 0 atom stereocenters. The first-order chi connectivity index (χ1) is 9.84. The summed E-state index contributed by atoms with van der Waals surface area (Å²) in [4.78, 5) is 14.2. The van der Waals surface area contributed by atoms with Crippen LogP contribution in [0.15, 0.2) is 54.6 Å². The Morgan fingerprint density at radius 2 is 1.80 bits per heavy atom. The quantitative estimate of drug-likeness (QED) is 0.922. The van der Waals surface area contributed by atoms with Crippen molar-refractivity contribution in [3.63, 3.8) is 0 Å². The molecule has 0 radical (unpaired) electrons. The number of carbonyl (C=O) groups excluding carboxylic acids is 1. The Morgan fingerprint density at radius 3 is 2.65 bits per heavy atom. The normalized spacial score (nSPS) is 13.1. The molecule has 1 aliphatic heterocycles. The molecule has 1 amide bonds. The second-order valence-corrected chi connectivity index (χ2v) is 4.97. The van der Waals surface area contributed by atoms with Gasteiger partial charge in [-0.15, -0.1) is 0 Å². The van der Waals surface area contributed by atoms with Gasteiger partial charge in [0.1, 0.15) is 0 Å². The summed E-state index contributed by atoms with van der Waals surface area (Å²) in [6.45, 7) is 1.48. The van der Waals surface area contributed by atoms with Crippen molar-refractivity contribution in [1.29, 1.82) is 0 Å². The lowest BCUT2D eigenvalue weighted by molar-refractivity contribution is -0.118. The standard InChI is InChI=1S/C17H18N2O/c20-17(10-12-18-15-7-2-1-3-8-15)19-13-11-14-6-4-5-9-16(14)19/h1-9,18H,10-13H2. The van der Waals surface area contributed by atoms with Crippen LogP contribution >= 0.6 is 0 Å². The predicted octanol–water partition coefficient (Wildman–Crippen LogP) is 3.08. The molecule has 2 aromatic carbocycles. The fourth-order valence-electron chi connectivity index (χ4n) is 2.60. The van der Waals surface area contributed by atoms with Gasteiger partial charge in [0.05, 0.1) is 0 Å². The van der Waals surface area contributed by atoms with Crippen molar-refractivity contribution in [3.05, 3.63) is 60.2 Å². The van der Waals surface area contributed by atoms with Crippen molar-refractivity contribution >= 4 is 17.3 Å². The maximum absolute atomic E-state index is 12.3. The van der Waals surface area contributed by atoms with Gasteiger partial charge in [-0.2, -0.15) is 0 Å². The van der Waals surface area contributed by atoms with Gasteiger partial charge in [-0.25, -0.2) is 0 Å². The monoisotopic (exact) mass is 266 g/mol. The largest absolute Gasteiger partial charge is 0.385 e. The van der Waals surface area contributed by atoms with Crippen LogP contribution in [0.3, 0.4) is 0 Å². The van der Waals surface area contributed by atoms with E-state index in [4.69, 9.17) is 0 Å². The van der Waals surface area contributed by atoms with E-state index in [-0.39, 0.29) is 5.91 Å². The van der Waals surface area contributed by atoms with E-state index in [9.17, 15) is 4.79 Å². The number of amides is 1. The van der Waals surface area contributed by atoms with Crippen molar-refractivity contribution in [3.8, 4) is 0 Å². The van der Waals surface area contributed by atoms with Crippen molar-refractivity contribution < 1.29 is 4.79 Å². The maximum Gasteiger partial charge on any atom is 0.228 e. The molecule has 0 saturated heterocycles.